The van der Waals surface area contributed by atoms with E-state index < -0.39 is 0 Å². The molecule has 2 aromatic rings. The number of aromatic nitrogens is 1. The molecular formula is C19H24N2O. The van der Waals surface area contributed by atoms with Crippen LogP contribution in [-0.2, 0) is 0 Å². The summed E-state index contributed by atoms with van der Waals surface area (Å²) in [5.41, 5.74) is 10.8. The summed E-state index contributed by atoms with van der Waals surface area (Å²) in [7, 11) is 0. The Morgan fingerprint density at radius 2 is 1.77 bits per heavy atom. The normalized spacial score (nSPS) is 15.9. The molecule has 0 aliphatic heterocycles. The minimum Gasteiger partial charge on any atom is -0.394 e. The third-order valence-electron chi connectivity index (χ3n) is 4.75. The first-order valence-electron chi connectivity index (χ1n) is 8.16. The summed E-state index contributed by atoms with van der Waals surface area (Å²) in [5, 5.41) is 0. The maximum atomic E-state index is 12.7. The van der Waals surface area contributed by atoms with Crippen molar-refractivity contribution in [2.24, 2.45) is 0 Å². The van der Waals surface area contributed by atoms with Crippen LogP contribution in [0.1, 0.15) is 49.3 Å². The molecule has 3 rings (SSSR count). The van der Waals surface area contributed by atoms with Crippen LogP contribution in [0.4, 0.5) is 5.69 Å². The molecule has 3 nitrogen and oxygen atoms in total. The molecular weight excluding hydrogens is 272 g/mol. The zero-order valence-corrected chi connectivity index (χ0v) is 13.4. The minimum absolute atomic E-state index is 0.0368. The number of nitrogens with zero attached hydrogens (tertiary/aromatic N) is 1. The van der Waals surface area contributed by atoms with Crippen molar-refractivity contribution in [3.8, 4) is 11.3 Å². The van der Waals surface area contributed by atoms with E-state index in [1.165, 1.54) is 30.4 Å². The zero-order chi connectivity index (χ0) is 15.7. The number of aryl methyl sites for hydroxylation is 2. The number of benzene rings is 1. The largest absolute Gasteiger partial charge is 0.394 e. The number of nitrogen functional groups attached to an aromatic ring is 1. The molecule has 1 heterocycles. The maximum absolute atomic E-state index is 12.7. The summed E-state index contributed by atoms with van der Waals surface area (Å²) in [6.07, 6.45) is 5.80. The van der Waals surface area contributed by atoms with Crippen LogP contribution in [0, 0.1) is 13.8 Å². The molecule has 1 aromatic carbocycles. The molecule has 1 saturated carbocycles. The third kappa shape index (κ3) is 2.68. The van der Waals surface area contributed by atoms with Gasteiger partial charge in [-0.05, 0) is 50.5 Å². The minimum atomic E-state index is -0.0368. The smallest absolute Gasteiger partial charge is 0.274 e. The lowest BCUT2D eigenvalue weighted by atomic mass is 9.93. The summed E-state index contributed by atoms with van der Waals surface area (Å²) >= 11 is 0. The van der Waals surface area contributed by atoms with Gasteiger partial charge in [-0.2, -0.15) is 0 Å². The summed E-state index contributed by atoms with van der Waals surface area (Å²) in [4.78, 5) is 12.7. The van der Waals surface area contributed by atoms with Crippen molar-refractivity contribution in [3.63, 3.8) is 0 Å². The molecule has 116 valence electrons. The molecule has 0 amide bonds. The van der Waals surface area contributed by atoms with E-state index >= 15 is 0 Å². The molecule has 1 aromatic heterocycles. The van der Waals surface area contributed by atoms with E-state index in [1.54, 1.807) is 6.07 Å². The summed E-state index contributed by atoms with van der Waals surface area (Å²) in [6.45, 7) is 4.18. The van der Waals surface area contributed by atoms with Gasteiger partial charge in [0.2, 0.25) is 0 Å². The number of anilines is 1. The van der Waals surface area contributed by atoms with Crippen molar-refractivity contribution in [3.05, 3.63) is 51.8 Å². The highest BCUT2D eigenvalue weighted by Crippen LogP contribution is 2.32. The first-order chi connectivity index (χ1) is 10.6. The Balaban J connectivity index is 2.21. The van der Waals surface area contributed by atoms with Gasteiger partial charge in [-0.25, -0.2) is 0 Å². The van der Waals surface area contributed by atoms with Gasteiger partial charge in [-0.15, -0.1) is 0 Å². The van der Waals surface area contributed by atoms with Crippen molar-refractivity contribution in [1.29, 1.82) is 0 Å². The van der Waals surface area contributed by atoms with Crippen LogP contribution in [0.25, 0.3) is 11.3 Å². The molecule has 22 heavy (non-hydrogen) atoms. The van der Waals surface area contributed by atoms with Crippen molar-refractivity contribution in [1.82, 2.24) is 4.57 Å². The average Bonchev–Trinajstić information content (AvgIpc) is 2.53. The molecule has 0 spiro atoms. The molecule has 0 saturated heterocycles. The van der Waals surface area contributed by atoms with E-state index in [-0.39, 0.29) is 11.6 Å². The van der Waals surface area contributed by atoms with Crippen LogP contribution in [0.3, 0.4) is 0 Å². The van der Waals surface area contributed by atoms with Crippen LogP contribution in [0.2, 0.25) is 0 Å². The zero-order valence-electron chi connectivity index (χ0n) is 13.4. The van der Waals surface area contributed by atoms with Crippen LogP contribution >= 0.6 is 0 Å². The quantitative estimate of drug-likeness (QED) is 0.902. The highest BCUT2D eigenvalue weighted by atomic mass is 16.1. The highest BCUT2D eigenvalue weighted by molar-refractivity contribution is 5.66. The Morgan fingerprint density at radius 1 is 1.05 bits per heavy atom. The maximum Gasteiger partial charge on any atom is 0.274 e. The molecule has 0 atom stereocenters. The van der Waals surface area contributed by atoms with Gasteiger partial charge in [-0.1, -0.05) is 37.0 Å². The Morgan fingerprint density at radius 3 is 2.50 bits per heavy atom. The van der Waals surface area contributed by atoms with E-state index in [0.29, 0.717) is 5.69 Å². The topological polar surface area (TPSA) is 48.0 Å². The van der Waals surface area contributed by atoms with Gasteiger partial charge in [0.1, 0.15) is 0 Å². The number of pyridine rings is 1. The summed E-state index contributed by atoms with van der Waals surface area (Å²) in [6, 6.07) is 10.4. The van der Waals surface area contributed by atoms with Gasteiger partial charge in [0.05, 0.1) is 11.4 Å². The summed E-state index contributed by atoms with van der Waals surface area (Å²) in [5.74, 6) is 0. The molecule has 1 fully saturated rings. The third-order valence-corrected chi connectivity index (χ3v) is 4.75. The van der Waals surface area contributed by atoms with Crippen molar-refractivity contribution < 1.29 is 0 Å². The van der Waals surface area contributed by atoms with Crippen LogP contribution in [-0.4, -0.2) is 4.57 Å². The second kappa shape index (κ2) is 5.99. The number of nitrogens with two attached hydrogens (primary N) is 1. The van der Waals surface area contributed by atoms with Crippen molar-refractivity contribution >= 4 is 5.69 Å². The first kappa shape index (κ1) is 14.9. The van der Waals surface area contributed by atoms with E-state index in [2.05, 4.69) is 32.0 Å². The predicted octanol–water partition coefficient (Wildman–Crippen LogP) is 4.22. The molecule has 0 radical (unpaired) electrons. The number of hydrogen-bond donors (Lipinski definition) is 1. The molecule has 3 heteroatoms. The average molecular weight is 296 g/mol. The van der Waals surface area contributed by atoms with Gasteiger partial charge in [-0.3, -0.25) is 4.79 Å². The fourth-order valence-corrected chi connectivity index (χ4v) is 3.50. The Bertz CT molecular complexity index is 740. The van der Waals surface area contributed by atoms with Crippen LogP contribution in [0.5, 0.6) is 0 Å². The first-order valence-corrected chi connectivity index (χ1v) is 8.16. The standard InChI is InChI=1S/C19H24N2O/c1-13-8-9-14(2)16(12-13)18-11-10-17(20)19(22)21(18)15-6-4-3-5-7-15/h8-12,15H,3-7,20H2,1-2H3. The molecule has 0 unspecified atom stereocenters. The van der Waals surface area contributed by atoms with Gasteiger partial charge in [0.25, 0.3) is 5.56 Å². The van der Waals surface area contributed by atoms with E-state index in [4.69, 9.17) is 5.73 Å². The SMILES string of the molecule is Cc1ccc(C)c(-c2ccc(N)c(=O)n2C2CCCCC2)c1. The van der Waals surface area contributed by atoms with Crippen LogP contribution < -0.4 is 11.3 Å². The van der Waals surface area contributed by atoms with Gasteiger partial charge >= 0.3 is 0 Å². The highest BCUT2D eigenvalue weighted by Gasteiger charge is 2.21. The number of rotatable bonds is 2. The Hall–Kier alpha value is -2.03. The van der Waals surface area contributed by atoms with Crippen molar-refractivity contribution in [2.45, 2.75) is 52.0 Å². The van der Waals surface area contributed by atoms with E-state index in [9.17, 15) is 4.79 Å². The molecule has 2 N–H and O–H groups in total. The fraction of sp³-hybridized carbons (Fsp3) is 0.421. The lowest BCUT2D eigenvalue weighted by Crippen LogP contribution is -2.29. The van der Waals surface area contributed by atoms with Gasteiger partial charge in [0, 0.05) is 11.6 Å². The second-order valence-corrected chi connectivity index (χ2v) is 6.46. The van der Waals surface area contributed by atoms with Crippen LogP contribution in [0.15, 0.2) is 35.1 Å². The number of hydrogen-bond acceptors (Lipinski definition) is 2. The molecule has 1 aliphatic rings. The van der Waals surface area contributed by atoms with Crippen molar-refractivity contribution in [2.75, 3.05) is 5.73 Å². The predicted molar refractivity (Wildman–Crippen MR) is 92.1 cm³/mol. The fourth-order valence-electron chi connectivity index (χ4n) is 3.50. The molecule has 1 aliphatic carbocycles. The Kier molecular flexibility index (Phi) is 4.06. The van der Waals surface area contributed by atoms with E-state index in [1.807, 2.05) is 10.6 Å². The lowest BCUT2D eigenvalue weighted by molar-refractivity contribution is 0.349. The van der Waals surface area contributed by atoms with E-state index in [0.717, 1.165) is 24.1 Å². The monoisotopic (exact) mass is 296 g/mol. The lowest BCUT2D eigenvalue weighted by Gasteiger charge is -2.27. The Labute approximate surface area is 131 Å². The van der Waals surface area contributed by atoms with Gasteiger partial charge < -0.3 is 10.3 Å². The second-order valence-electron chi connectivity index (χ2n) is 6.46. The summed E-state index contributed by atoms with van der Waals surface area (Å²) < 4.78 is 1.95. The molecule has 0 bridgehead atoms. The van der Waals surface area contributed by atoms with Gasteiger partial charge in [0.15, 0.2) is 0 Å².